The fraction of sp³-hybridized carbons (Fsp3) is 0.308. The van der Waals surface area contributed by atoms with E-state index in [1.54, 1.807) is 24.6 Å². The summed E-state index contributed by atoms with van der Waals surface area (Å²) in [4.78, 5) is 4.31. The Kier molecular flexibility index (Phi) is 4.29. The third-order valence-corrected chi connectivity index (χ3v) is 5.13. The Morgan fingerprint density at radius 3 is 2.70 bits per heavy atom. The predicted octanol–water partition coefficient (Wildman–Crippen LogP) is 2.82. The lowest BCUT2D eigenvalue weighted by molar-refractivity contribution is 0.409. The minimum Gasteiger partial charge on any atom is -0.496 e. The number of sulfonamides is 1. The molecule has 2 aromatic rings. The summed E-state index contributed by atoms with van der Waals surface area (Å²) in [5.41, 5.74) is 1.64. The molecule has 0 bridgehead atoms. The van der Waals surface area contributed by atoms with Gasteiger partial charge in [0.25, 0.3) is 10.0 Å². The van der Waals surface area contributed by atoms with Gasteiger partial charge in [-0.1, -0.05) is 6.92 Å². The van der Waals surface area contributed by atoms with Crippen molar-refractivity contribution >= 4 is 26.5 Å². The van der Waals surface area contributed by atoms with Gasteiger partial charge < -0.3 is 4.74 Å². The number of hydrogen-bond donors (Lipinski definition) is 1. The number of anilines is 1. The van der Waals surface area contributed by atoms with E-state index in [0.717, 1.165) is 11.3 Å². The maximum Gasteiger partial charge on any atom is 0.263 e. The van der Waals surface area contributed by atoms with Gasteiger partial charge in [0.2, 0.25) is 0 Å². The van der Waals surface area contributed by atoms with E-state index in [1.807, 2.05) is 13.8 Å². The van der Waals surface area contributed by atoms with Crippen molar-refractivity contribution in [3.63, 3.8) is 0 Å². The molecule has 0 aliphatic rings. The molecule has 0 radical (unpaired) electrons. The highest BCUT2D eigenvalue weighted by Crippen LogP contribution is 2.25. The fourth-order valence-corrected chi connectivity index (χ4v) is 3.76. The van der Waals surface area contributed by atoms with Crippen molar-refractivity contribution in [3.05, 3.63) is 34.8 Å². The molecule has 1 aromatic heterocycles. The van der Waals surface area contributed by atoms with Crippen LogP contribution in [0.1, 0.15) is 18.2 Å². The summed E-state index contributed by atoms with van der Waals surface area (Å²) in [6, 6.07) is 4.82. The van der Waals surface area contributed by atoms with Crippen LogP contribution in [0, 0.1) is 6.92 Å². The normalized spacial score (nSPS) is 11.3. The molecule has 108 valence electrons. The summed E-state index contributed by atoms with van der Waals surface area (Å²) in [6.45, 7) is 3.77. The minimum absolute atomic E-state index is 0.211. The van der Waals surface area contributed by atoms with Gasteiger partial charge >= 0.3 is 0 Å². The summed E-state index contributed by atoms with van der Waals surface area (Å²) in [5.74, 6) is 0.691. The molecule has 0 fully saturated rings. The second kappa shape index (κ2) is 5.80. The molecule has 2 rings (SSSR count). The number of rotatable bonds is 5. The molecule has 1 N–H and O–H groups in total. The fourth-order valence-electron chi connectivity index (χ4n) is 1.77. The Morgan fingerprint density at radius 1 is 1.40 bits per heavy atom. The molecule has 5 nitrogen and oxygen atoms in total. The first kappa shape index (κ1) is 14.8. The van der Waals surface area contributed by atoms with Crippen molar-refractivity contribution < 1.29 is 13.2 Å². The number of thiazole rings is 1. The molecule has 1 aromatic carbocycles. The van der Waals surface area contributed by atoms with Crippen LogP contribution in [0.5, 0.6) is 5.75 Å². The quantitative estimate of drug-likeness (QED) is 0.922. The second-order valence-corrected chi connectivity index (χ2v) is 6.77. The second-order valence-electron chi connectivity index (χ2n) is 4.23. The van der Waals surface area contributed by atoms with Crippen molar-refractivity contribution in [2.24, 2.45) is 0 Å². The monoisotopic (exact) mass is 312 g/mol. The molecule has 7 heteroatoms. The number of aromatic nitrogens is 1. The number of aryl methyl sites for hydroxylation is 2. The molecule has 20 heavy (non-hydrogen) atoms. The van der Waals surface area contributed by atoms with Crippen molar-refractivity contribution in [2.75, 3.05) is 11.8 Å². The number of nitrogens with one attached hydrogen (secondary N) is 1. The molecule has 0 amide bonds. The van der Waals surface area contributed by atoms with Gasteiger partial charge in [-0.3, -0.25) is 4.72 Å². The van der Waals surface area contributed by atoms with Crippen LogP contribution in [0.3, 0.4) is 0 Å². The Bertz CT molecular complexity index is 708. The smallest absolute Gasteiger partial charge is 0.263 e. The zero-order valence-electron chi connectivity index (χ0n) is 11.5. The van der Waals surface area contributed by atoms with Crippen molar-refractivity contribution in [3.8, 4) is 5.75 Å². The number of ether oxygens (including phenoxy) is 1. The highest BCUT2D eigenvalue weighted by Gasteiger charge is 2.17. The molecule has 1 heterocycles. The number of methoxy groups -OCH3 is 1. The SMILES string of the molecule is CCc1cc(S(=O)(=O)Nc2nc(C)cs2)ccc1OC. The molecular weight excluding hydrogens is 296 g/mol. The number of benzene rings is 1. The minimum atomic E-state index is -3.62. The van der Waals surface area contributed by atoms with E-state index in [9.17, 15) is 8.42 Å². The first-order chi connectivity index (χ1) is 9.46. The van der Waals surface area contributed by atoms with Crippen LogP contribution >= 0.6 is 11.3 Å². The van der Waals surface area contributed by atoms with E-state index in [-0.39, 0.29) is 4.90 Å². The highest BCUT2D eigenvalue weighted by molar-refractivity contribution is 7.93. The first-order valence-electron chi connectivity index (χ1n) is 6.08. The summed E-state index contributed by atoms with van der Waals surface area (Å²) < 4.78 is 32.3. The lowest BCUT2D eigenvalue weighted by Crippen LogP contribution is -2.13. The van der Waals surface area contributed by atoms with E-state index in [0.29, 0.717) is 17.3 Å². The van der Waals surface area contributed by atoms with Crippen LogP contribution in [0.4, 0.5) is 5.13 Å². The Labute approximate surface area is 122 Å². The Morgan fingerprint density at radius 2 is 2.15 bits per heavy atom. The lowest BCUT2D eigenvalue weighted by Gasteiger charge is -2.10. The van der Waals surface area contributed by atoms with E-state index >= 15 is 0 Å². The average molecular weight is 312 g/mol. The summed E-state index contributed by atoms with van der Waals surface area (Å²) >= 11 is 1.26. The van der Waals surface area contributed by atoms with Crippen LogP contribution in [0.2, 0.25) is 0 Å². The van der Waals surface area contributed by atoms with Gasteiger partial charge in [0.05, 0.1) is 17.7 Å². The molecule has 0 saturated heterocycles. The van der Waals surface area contributed by atoms with Gasteiger partial charge in [0.15, 0.2) is 5.13 Å². The molecule has 0 aliphatic heterocycles. The third-order valence-electron chi connectivity index (χ3n) is 2.78. The Hall–Kier alpha value is -1.60. The highest BCUT2D eigenvalue weighted by atomic mass is 32.2. The average Bonchev–Trinajstić information content (AvgIpc) is 2.82. The van der Waals surface area contributed by atoms with Crippen molar-refractivity contribution in [1.82, 2.24) is 4.98 Å². The van der Waals surface area contributed by atoms with Gasteiger partial charge in [0, 0.05) is 5.38 Å². The van der Waals surface area contributed by atoms with Crippen molar-refractivity contribution in [1.29, 1.82) is 0 Å². The zero-order chi connectivity index (χ0) is 14.8. The van der Waals surface area contributed by atoms with Gasteiger partial charge in [0.1, 0.15) is 5.75 Å². The molecule has 0 spiro atoms. The van der Waals surface area contributed by atoms with Gasteiger partial charge in [-0.15, -0.1) is 11.3 Å². The largest absolute Gasteiger partial charge is 0.496 e. The van der Waals surface area contributed by atoms with Gasteiger partial charge in [-0.2, -0.15) is 0 Å². The van der Waals surface area contributed by atoms with Crippen LogP contribution < -0.4 is 9.46 Å². The molecule has 0 aliphatic carbocycles. The van der Waals surface area contributed by atoms with E-state index in [4.69, 9.17) is 4.74 Å². The third kappa shape index (κ3) is 3.10. The van der Waals surface area contributed by atoms with Crippen molar-refractivity contribution in [2.45, 2.75) is 25.2 Å². The maximum absolute atomic E-state index is 12.3. The molecule has 0 unspecified atom stereocenters. The van der Waals surface area contributed by atoms with E-state index < -0.39 is 10.0 Å². The van der Waals surface area contributed by atoms with Crippen LogP contribution in [0.25, 0.3) is 0 Å². The molecule has 0 atom stereocenters. The summed E-state index contributed by atoms with van der Waals surface area (Å²) in [6.07, 6.45) is 0.697. The number of nitrogens with zero attached hydrogens (tertiary/aromatic N) is 1. The van der Waals surface area contributed by atoms with Crippen LogP contribution in [-0.4, -0.2) is 20.5 Å². The zero-order valence-corrected chi connectivity index (χ0v) is 13.1. The summed E-state index contributed by atoms with van der Waals surface area (Å²) in [7, 11) is -2.05. The lowest BCUT2D eigenvalue weighted by atomic mass is 10.1. The molecular formula is C13H16N2O3S2. The molecule has 0 saturated carbocycles. The standard InChI is InChI=1S/C13H16N2O3S2/c1-4-10-7-11(5-6-12(10)18-3)20(16,17)15-13-14-9(2)8-19-13/h5-8H,4H2,1-3H3,(H,14,15). The van der Waals surface area contributed by atoms with Crippen LogP contribution in [0.15, 0.2) is 28.5 Å². The Balaban J connectivity index is 2.34. The van der Waals surface area contributed by atoms with Crippen LogP contribution in [-0.2, 0) is 16.4 Å². The predicted molar refractivity (Wildman–Crippen MR) is 80.0 cm³/mol. The van der Waals surface area contributed by atoms with E-state index in [1.165, 1.54) is 17.4 Å². The van der Waals surface area contributed by atoms with E-state index in [2.05, 4.69) is 9.71 Å². The first-order valence-corrected chi connectivity index (χ1v) is 8.44. The number of hydrogen-bond acceptors (Lipinski definition) is 5. The maximum atomic E-state index is 12.3. The topological polar surface area (TPSA) is 68.3 Å². The summed E-state index contributed by atoms with van der Waals surface area (Å²) in [5, 5.41) is 2.17. The van der Waals surface area contributed by atoms with Gasteiger partial charge in [-0.05, 0) is 37.1 Å². The van der Waals surface area contributed by atoms with Gasteiger partial charge in [-0.25, -0.2) is 13.4 Å².